The van der Waals surface area contributed by atoms with Gasteiger partial charge >= 0.3 is 0 Å². The molecule has 0 saturated carbocycles. The molecule has 0 spiro atoms. The van der Waals surface area contributed by atoms with Crippen molar-refractivity contribution in [2.75, 3.05) is 0 Å². The largest absolute Gasteiger partial charge is 0.483 e. The van der Waals surface area contributed by atoms with E-state index in [1.54, 1.807) is 18.2 Å². The summed E-state index contributed by atoms with van der Waals surface area (Å²) in [7, 11) is 0. The molecule has 156 valence electrons. The van der Waals surface area contributed by atoms with Crippen LogP contribution in [0.1, 0.15) is 16.7 Å². The van der Waals surface area contributed by atoms with Crippen LogP contribution in [0.4, 0.5) is 0 Å². The second kappa shape index (κ2) is 11.4. The fourth-order valence-corrected chi connectivity index (χ4v) is 2.71. The van der Waals surface area contributed by atoms with Crippen LogP contribution in [-0.2, 0) is 22.7 Å². The maximum absolute atomic E-state index is 6.17. The van der Waals surface area contributed by atoms with Crippen molar-refractivity contribution < 1.29 is 9.47 Å². The van der Waals surface area contributed by atoms with Gasteiger partial charge in [0.05, 0.1) is 5.70 Å². The average Bonchev–Trinajstić information content (AvgIpc) is 2.81. The summed E-state index contributed by atoms with van der Waals surface area (Å²) in [6.07, 6.45) is 1.58. The van der Waals surface area contributed by atoms with Crippen LogP contribution in [0, 0.1) is 11.8 Å². The third-order valence-electron chi connectivity index (χ3n) is 4.20. The van der Waals surface area contributed by atoms with Crippen LogP contribution in [0.2, 0.25) is 5.02 Å². The van der Waals surface area contributed by atoms with Crippen molar-refractivity contribution in [2.45, 2.75) is 13.2 Å². The fraction of sp³-hybridized carbons (Fsp3) is 0.0769. The van der Waals surface area contributed by atoms with Gasteiger partial charge in [-0.2, -0.15) is 0 Å². The Morgan fingerprint density at radius 2 is 1.32 bits per heavy atom. The highest BCUT2D eigenvalue weighted by Gasteiger charge is 2.07. The van der Waals surface area contributed by atoms with Crippen LogP contribution >= 0.6 is 11.6 Å². The molecule has 5 heteroatoms. The zero-order chi connectivity index (χ0) is 21.9. The van der Waals surface area contributed by atoms with E-state index in [-0.39, 0.29) is 5.88 Å². The van der Waals surface area contributed by atoms with Gasteiger partial charge in [-0.25, -0.2) is 0 Å². The summed E-state index contributed by atoms with van der Waals surface area (Å²) in [6, 6.07) is 26.7. The van der Waals surface area contributed by atoms with Crippen molar-refractivity contribution in [3.05, 3.63) is 130 Å². The number of benzene rings is 3. The summed E-state index contributed by atoms with van der Waals surface area (Å²) in [5, 5.41) is 0.650. The summed E-state index contributed by atoms with van der Waals surface area (Å²) in [5.74, 6) is 6.34. The topological polar surface area (TPSA) is 70.5 Å². The molecule has 0 aliphatic heterocycles. The molecule has 0 fully saturated rings. The van der Waals surface area contributed by atoms with Crippen molar-refractivity contribution in [3.63, 3.8) is 0 Å². The van der Waals surface area contributed by atoms with Gasteiger partial charge in [0.2, 0.25) is 5.88 Å². The monoisotopic (exact) mass is 430 g/mol. The highest BCUT2D eigenvalue weighted by atomic mass is 35.5. The lowest BCUT2D eigenvalue weighted by atomic mass is 10.2. The molecule has 3 aromatic carbocycles. The normalized spacial score (nSPS) is 11.7. The lowest BCUT2D eigenvalue weighted by Gasteiger charge is -2.12. The van der Waals surface area contributed by atoms with Crippen molar-refractivity contribution in [1.82, 2.24) is 0 Å². The molecule has 0 heterocycles. The van der Waals surface area contributed by atoms with Gasteiger partial charge in [0.25, 0.3) is 0 Å². The Labute approximate surface area is 187 Å². The quantitative estimate of drug-likeness (QED) is 0.311. The summed E-state index contributed by atoms with van der Waals surface area (Å²) >= 11 is 5.90. The van der Waals surface area contributed by atoms with E-state index in [4.69, 9.17) is 32.5 Å². The van der Waals surface area contributed by atoms with E-state index in [0.717, 1.165) is 16.7 Å². The molecule has 31 heavy (non-hydrogen) atoms. The Kier molecular flexibility index (Phi) is 8.05. The van der Waals surface area contributed by atoms with Crippen molar-refractivity contribution in [3.8, 4) is 11.8 Å². The van der Waals surface area contributed by atoms with Crippen molar-refractivity contribution in [1.29, 1.82) is 0 Å². The Hall–Kier alpha value is -3.81. The van der Waals surface area contributed by atoms with E-state index in [1.807, 2.05) is 72.8 Å². The van der Waals surface area contributed by atoms with Gasteiger partial charge in [0, 0.05) is 16.7 Å². The molecule has 0 aliphatic carbocycles. The minimum absolute atomic E-state index is 0.135. The molecule has 0 atom stereocenters. The van der Waals surface area contributed by atoms with Gasteiger partial charge in [0.1, 0.15) is 13.2 Å². The summed E-state index contributed by atoms with van der Waals surface area (Å²) in [4.78, 5) is 0. The molecule has 4 N–H and O–H groups in total. The number of allylic oxidation sites excluding steroid dienone is 2. The standard InChI is InChI=1S/C26H23ClN2O2/c27-23-14-11-20(12-15-23)13-16-24(28)17-25(30-18-21-7-3-1-4-8-21)26(29)31-19-22-9-5-2-6-10-22/h1-12,14-15,17H,18-19,28-29H2/b24-17-,26-25-. The first-order valence-electron chi connectivity index (χ1n) is 9.68. The molecule has 0 bridgehead atoms. The van der Waals surface area contributed by atoms with Crippen molar-refractivity contribution >= 4 is 11.6 Å². The zero-order valence-corrected chi connectivity index (χ0v) is 17.7. The Morgan fingerprint density at radius 3 is 1.90 bits per heavy atom. The van der Waals surface area contributed by atoms with E-state index in [2.05, 4.69) is 11.8 Å². The predicted molar refractivity (Wildman–Crippen MR) is 124 cm³/mol. The Balaban J connectivity index is 1.78. The first-order valence-corrected chi connectivity index (χ1v) is 10.1. The lowest BCUT2D eigenvalue weighted by Crippen LogP contribution is -2.10. The van der Waals surface area contributed by atoms with E-state index in [0.29, 0.717) is 29.7 Å². The predicted octanol–water partition coefficient (Wildman–Crippen LogP) is 5.10. The molecule has 0 aliphatic rings. The number of ether oxygens (including phenoxy) is 2. The maximum Gasteiger partial charge on any atom is 0.228 e. The van der Waals surface area contributed by atoms with E-state index >= 15 is 0 Å². The summed E-state index contributed by atoms with van der Waals surface area (Å²) in [5.41, 5.74) is 15.4. The summed E-state index contributed by atoms with van der Waals surface area (Å²) < 4.78 is 11.6. The molecule has 3 rings (SSSR count). The van der Waals surface area contributed by atoms with Crippen molar-refractivity contribution in [2.24, 2.45) is 11.5 Å². The maximum atomic E-state index is 6.17. The molecule has 3 aromatic rings. The summed E-state index contributed by atoms with van der Waals surface area (Å²) in [6.45, 7) is 0.634. The molecule has 0 unspecified atom stereocenters. The molecule has 0 aromatic heterocycles. The molecular weight excluding hydrogens is 408 g/mol. The van der Waals surface area contributed by atoms with Crippen LogP contribution in [0.3, 0.4) is 0 Å². The molecule has 0 saturated heterocycles. The highest BCUT2D eigenvalue weighted by Crippen LogP contribution is 2.13. The first-order chi connectivity index (χ1) is 15.1. The third kappa shape index (κ3) is 7.50. The zero-order valence-electron chi connectivity index (χ0n) is 16.9. The fourth-order valence-electron chi connectivity index (χ4n) is 2.58. The molecule has 0 radical (unpaired) electrons. The van der Waals surface area contributed by atoms with Crippen LogP contribution in [-0.4, -0.2) is 0 Å². The minimum Gasteiger partial charge on any atom is -0.483 e. The van der Waals surface area contributed by atoms with Crippen LogP contribution in [0.5, 0.6) is 0 Å². The molecule has 4 nitrogen and oxygen atoms in total. The molecular formula is C26H23ClN2O2. The number of hydrogen-bond acceptors (Lipinski definition) is 4. The number of hydrogen-bond donors (Lipinski definition) is 2. The van der Waals surface area contributed by atoms with E-state index in [9.17, 15) is 0 Å². The number of rotatable bonds is 7. The second-order valence-electron chi connectivity index (χ2n) is 6.63. The lowest BCUT2D eigenvalue weighted by molar-refractivity contribution is 0.144. The van der Waals surface area contributed by atoms with Crippen LogP contribution in [0.25, 0.3) is 0 Å². The van der Waals surface area contributed by atoms with Gasteiger partial charge in [-0.05, 0) is 41.3 Å². The second-order valence-corrected chi connectivity index (χ2v) is 7.07. The van der Waals surface area contributed by atoms with Gasteiger partial charge in [-0.3, -0.25) is 0 Å². The highest BCUT2D eigenvalue weighted by molar-refractivity contribution is 6.30. The molecule has 0 amide bonds. The van der Waals surface area contributed by atoms with Gasteiger partial charge in [0.15, 0.2) is 5.76 Å². The van der Waals surface area contributed by atoms with Gasteiger partial charge in [-0.15, -0.1) is 0 Å². The van der Waals surface area contributed by atoms with E-state index in [1.165, 1.54) is 0 Å². The van der Waals surface area contributed by atoms with Gasteiger partial charge in [-0.1, -0.05) is 78.2 Å². The number of halogens is 1. The first kappa shape index (κ1) is 21.9. The van der Waals surface area contributed by atoms with Gasteiger partial charge < -0.3 is 20.9 Å². The van der Waals surface area contributed by atoms with Crippen LogP contribution < -0.4 is 11.5 Å². The van der Waals surface area contributed by atoms with E-state index < -0.39 is 0 Å². The SMILES string of the molecule is N/C(C#Cc1ccc(Cl)cc1)=C\C(OCc1ccccc1)=C(/N)OCc1ccccc1. The minimum atomic E-state index is 0.135. The van der Waals surface area contributed by atoms with Crippen LogP contribution in [0.15, 0.2) is 108 Å². The average molecular weight is 431 g/mol. The Bertz CT molecular complexity index is 1100. The number of nitrogens with two attached hydrogens (primary N) is 2. The third-order valence-corrected chi connectivity index (χ3v) is 4.45. The smallest absolute Gasteiger partial charge is 0.228 e. The Morgan fingerprint density at radius 1 is 0.774 bits per heavy atom.